The Morgan fingerprint density at radius 2 is 1.28 bits per heavy atom. The zero-order chi connectivity index (χ0) is 21.8. The van der Waals surface area contributed by atoms with Gasteiger partial charge in [-0.15, -0.1) is 0 Å². The number of hydrogen-bond donors (Lipinski definition) is 2. The van der Waals surface area contributed by atoms with E-state index in [1.54, 1.807) is 12.1 Å². The van der Waals surface area contributed by atoms with E-state index >= 15 is 0 Å². The van der Waals surface area contributed by atoms with Crippen molar-refractivity contribution in [3.05, 3.63) is 65.2 Å². The van der Waals surface area contributed by atoms with Crippen molar-refractivity contribution in [2.45, 2.75) is 31.1 Å². The van der Waals surface area contributed by atoms with E-state index < -0.39 is 21.8 Å². The van der Waals surface area contributed by atoms with Gasteiger partial charge >= 0.3 is 0 Å². The second kappa shape index (κ2) is 8.73. The van der Waals surface area contributed by atoms with Gasteiger partial charge in [-0.1, -0.05) is 37.4 Å². The molecule has 0 heterocycles. The lowest BCUT2D eigenvalue weighted by molar-refractivity contribution is -0.0258. The predicted octanol–water partition coefficient (Wildman–Crippen LogP) is 2.24. The Morgan fingerprint density at radius 1 is 0.862 bits per heavy atom. The van der Waals surface area contributed by atoms with Crippen LogP contribution in [-0.2, 0) is 20.3 Å². The molecule has 2 aromatic rings. The SMILES string of the molecule is CON(C)S(=O)(=O)c1ccc(C(=O)NNC(=O)c2ccc(C(C)(C)C)cc2)cc1. The summed E-state index contributed by atoms with van der Waals surface area (Å²) < 4.78 is 25.0. The van der Waals surface area contributed by atoms with Gasteiger partial charge in [0, 0.05) is 18.2 Å². The van der Waals surface area contributed by atoms with Crippen LogP contribution >= 0.6 is 0 Å². The largest absolute Gasteiger partial charge is 0.288 e. The van der Waals surface area contributed by atoms with Crippen LogP contribution < -0.4 is 10.9 Å². The standard InChI is InChI=1S/C20H25N3O5S/c1-20(2,3)16-10-6-14(7-11-16)18(24)21-22-19(25)15-8-12-17(13-9-15)29(26,27)23(4)28-5/h6-13H,1-5H3,(H,21,24)(H,22,25). The van der Waals surface area contributed by atoms with Crippen LogP contribution in [0.25, 0.3) is 0 Å². The predicted molar refractivity (Wildman–Crippen MR) is 108 cm³/mol. The van der Waals surface area contributed by atoms with Crippen LogP contribution in [0.5, 0.6) is 0 Å². The van der Waals surface area contributed by atoms with E-state index in [1.807, 2.05) is 12.1 Å². The van der Waals surface area contributed by atoms with Gasteiger partial charge in [-0.2, -0.15) is 0 Å². The Morgan fingerprint density at radius 3 is 1.66 bits per heavy atom. The summed E-state index contributed by atoms with van der Waals surface area (Å²) in [4.78, 5) is 29.1. The van der Waals surface area contributed by atoms with Crippen LogP contribution in [0.4, 0.5) is 0 Å². The number of nitrogens with one attached hydrogen (secondary N) is 2. The first-order chi connectivity index (χ1) is 13.5. The molecule has 0 saturated carbocycles. The number of benzene rings is 2. The Balaban J connectivity index is 2.01. The topological polar surface area (TPSA) is 105 Å². The minimum Gasteiger partial charge on any atom is -0.288 e. The van der Waals surface area contributed by atoms with Crippen molar-refractivity contribution in [1.82, 2.24) is 15.3 Å². The average molecular weight is 420 g/mol. The van der Waals surface area contributed by atoms with Gasteiger partial charge < -0.3 is 0 Å². The molecule has 2 N–H and O–H groups in total. The van der Waals surface area contributed by atoms with Crippen molar-refractivity contribution in [1.29, 1.82) is 0 Å². The highest BCUT2D eigenvalue weighted by atomic mass is 32.2. The number of rotatable bonds is 5. The minimum absolute atomic E-state index is 0.0265. The van der Waals surface area contributed by atoms with Crippen molar-refractivity contribution in [2.24, 2.45) is 0 Å². The zero-order valence-electron chi connectivity index (χ0n) is 17.0. The molecular weight excluding hydrogens is 394 g/mol. The Kier molecular flexibility index (Phi) is 6.78. The average Bonchev–Trinajstić information content (AvgIpc) is 2.70. The second-order valence-electron chi connectivity index (χ2n) is 7.36. The lowest BCUT2D eigenvalue weighted by Crippen LogP contribution is -2.41. The Bertz CT molecular complexity index is 978. The van der Waals surface area contributed by atoms with E-state index in [0.29, 0.717) is 10.0 Å². The maximum Gasteiger partial charge on any atom is 0.269 e. The van der Waals surface area contributed by atoms with Crippen LogP contribution in [0.3, 0.4) is 0 Å². The van der Waals surface area contributed by atoms with E-state index in [-0.39, 0.29) is 15.9 Å². The summed E-state index contributed by atoms with van der Waals surface area (Å²) in [6.07, 6.45) is 0. The van der Waals surface area contributed by atoms with Gasteiger partial charge in [0.05, 0.1) is 12.0 Å². The van der Waals surface area contributed by atoms with E-state index in [2.05, 4.69) is 31.6 Å². The van der Waals surface area contributed by atoms with Gasteiger partial charge in [0.1, 0.15) is 0 Å². The van der Waals surface area contributed by atoms with E-state index in [1.165, 1.54) is 38.4 Å². The third-order valence-electron chi connectivity index (χ3n) is 4.31. The summed E-state index contributed by atoms with van der Waals surface area (Å²) >= 11 is 0. The smallest absolute Gasteiger partial charge is 0.269 e. The molecule has 0 unspecified atom stereocenters. The number of carbonyl (C=O) groups excluding carboxylic acids is 2. The van der Waals surface area contributed by atoms with Crippen LogP contribution in [0.15, 0.2) is 53.4 Å². The van der Waals surface area contributed by atoms with E-state index in [4.69, 9.17) is 4.84 Å². The molecule has 9 heteroatoms. The van der Waals surface area contributed by atoms with Crippen molar-refractivity contribution >= 4 is 21.8 Å². The molecule has 29 heavy (non-hydrogen) atoms. The molecule has 0 aromatic heterocycles. The molecule has 0 fully saturated rings. The lowest BCUT2D eigenvalue weighted by Gasteiger charge is -2.19. The Hall–Kier alpha value is -2.75. The number of hydroxylamine groups is 1. The highest BCUT2D eigenvalue weighted by Gasteiger charge is 2.21. The van der Waals surface area contributed by atoms with Crippen LogP contribution in [0.2, 0.25) is 0 Å². The van der Waals surface area contributed by atoms with Crippen molar-refractivity contribution in [3.8, 4) is 0 Å². The second-order valence-corrected chi connectivity index (χ2v) is 9.29. The van der Waals surface area contributed by atoms with Crippen molar-refractivity contribution in [3.63, 3.8) is 0 Å². The lowest BCUT2D eigenvalue weighted by atomic mass is 9.87. The molecule has 156 valence electrons. The summed E-state index contributed by atoms with van der Waals surface area (Å²) in [6, 6.07) is 12.4. The number of amides is 2. The van der Waals surface area contributed by atoms with Crippen LogP contribution in [-0.4, -0.2) is 38.9 Å². The van der Waals surface area contributed by atoms with Gasteiger partial charge in [-0.25, -0.2) is 8.42 Å². The zero-order valence-corrected chi connectivity index (χ0v) is 17.8. The van der Waals surface area contributed by atoms with Crippen LogP contribution in [0.1, 0.15) is 47.1 Å². The third kappa shape index (κ3) is 5.41. The molecule has 0 aliphatic rings. The molecule has 2 amide bonds. The fourth-order valence-electron chi connectivity index (χ4n) is 2.40. The fourth-order valence-corrected chi connectivity index (χ4v) is 3.38. The number of nitrogens with zero attached hydrogens (tertiary/aromatic N) is 1. The molecule has 0 bridgehead atoms. The quantitative estimate of drug-likeness (QED) is 0.723. The first kappa shape index (κ1) is 22.5. The molecule has 2 rings (SSSR count). The molecule has 0 atom stereocenters. The van der Waals surface area contributed by atoms with Crippen LogP contribution in [0, 0.1) is 0 Å². The van der Waals surface area contributed by atoms with E-state index in [0.717, 1.165) is 5.56 Å². The monoisotopic (exact) mass is 419 g/mol. The molecule has 8 nitrogen and oxygen atoms in total. The molecule has 0 radical (unpaired) electrons. The summed E-state index contributed by atoms with van der Waals surface area (Å²) in [5.74, 6) is -1.03. The number of sulfonamides is 1. The molecule has 0 saturated heterocycles. The molecule has 0 aliphatic carbocycles. The summed E-state index contributed by atoms with van der Waals surface area (Å²) in [5, 5.41) is 0. The summed E-state index contributed by atoms with van der Waals surface area (Å²) in [5.41, 5.74) is 6.31. The van der Waals surface area contributed by atoms with Gasteiger partial charge in [-0.3, -0.25) is 25.3 Å². The minimum atomic E-state index is -3.80. The van der Waals surface area contributed by atoms with Crippen molar-refractivity contribution in [2.75, 3.05) is 14.2 Å². The summed E-state index contributed by atoms with van der Waals surface area (Å²) in [7, 11) is -1.30. The highest BCUT2D eigenvalue weighted by Crippen LogP contribution is 2.22. The van der Waals surface area contributed by atoms with Gasteiger partial charge in [0.2, 0.25) is 0 Å². The molecule has 0 spiro atoms. The Labute approximate surface area is 170 Å². The maximum atomic E-state index is 12.2. The van der Waals surface area contributed by atoms with Gasteiger partial charge in [-0.05, 0) is 47.4 Å². The van der Waals surface area contributed by atoms with Gasteiger partial charge in [0.15, 0.2) is 0 Å². The summed E-state index contributed by atoms with van der Waals surface area (Å²) in [6.45, 7) is 6.23. The fraction of sp³-hybridized carbons (Fsp3) is 0.300. The normalized spacial score (nSPS) is 11.9. The molecular formula is C20H25N3O5S. The number of hydrogen-bond acceptors (Lipinski definition) is 5. The van der Waals surface area contributed by atoms with E-state index in [9.17, 15) is 18.0 Å². The number of hydrazine groups is 1. The first-order valence-corrected chi connectivity index (χ1v) is 10.2. The van der Waals surface area contributed by atoms with Crippen molar-refractivity contribution < 1.29 is 22.8 Å². The number of carbonyl (C=O) groups is 2. The first-order valence-electron chi connectivity index (χ1n) is 8.81. The third-order valence-corrected chi connectivity index (χ3v) is 6.01. The van der Waals surface area contributed by atoms with Gasteiger partial charge in [0.25, 0.3) is 21.8 Å². The molecule has 0 aliphatic heterocycles. The maximum absolute atomic E-state index is 12.2. The highest BCUT2D eigenvalue weighted by molar-refractivity contribution is 7.89. The molecule has 2 aromatic carbocycles.